The molecule has 0 unspecified atom stereocenters. The van der Waals surface area contributed by atoms with Crippen LogP contribution in [0, 0.1) is 0 Å². The van der Waals surface area contributed by atoms with Crippen LogP contribution < -0.4 is 35.4 Å². The van der Waals surface area contributed by atoms with E-state index in [0.717, 1.165) is 22.7 Å². The summed E-state index contributed by atoms with van der Waals surface area (Å²) in [5, 5.41) is 25.3. The van der Waals surface area contributed by atoms with Crippen molar-refractivity contribution in [1.82, 2.24) is 0 Å². The van der Waals surface area contributed by atoms with Crippen LogP contribution in [0.15, 0.2) is 109 Å². The summed E-state index contributed by atoms with van der Waals surface area (Å²) in [7, 11) is 0. The molecular weight excluding hydrogens is 510 g/mol. The van der Waals surface area contributed by atoms with Crippen LogP contribution in [0.1, 0.15) is 0 Å². The maximum Gasteiger partial charge on any atom is 2.00 e. The van der Waals surface area contributed by atoms with E-state index in [1.165, 1.54) is 0 Å². The van der Waals surface area contributed by atoms with Crippen LogP contribution in [0.3, 0.4) is 0 Å². The summed E-state index contributed by atoms with van der Waals surface area (Å²) in [6, 6.07) is 33.8. The standard InChI is InChI=1S/2C12H11NO.2ClH.Zr/c2*14-12-9-5-4-8-11(12)13-10-6-2-1-3-7-10;;;/h2*1-9,13-14H;2*1H;/q;;;;+2/p-2. The van der Waals surface area contributed by atoms with Crippen molar-refractivity contribution in [2.75, 3.05) is 10.6 Å². The van der Waals surface area contributed by atoms with Gasteiger partial charge in [-0.05, 0) is 48.5 Å². The Bertz CT molecular complexity index is 923. The maximum atomic E-state index is 9.51. The zero-order valence-electron chi connectivity index (χ0n) is 16.5. The second-order valence-corrected chi connectivity index (χ2v) is 6.02. The van der Waals surface area contributed by atoms with E-state index in [1.54, 1.807) is 24.3 Å². The number of para-hydroxylation sites is 6. The Balaban J connectivity index is 0.000000529. The number of aromatic hydroxyl groups is 2. The molecule has 0 radical (unpaired) electrons. The number of phenolic OH excluding ortho intramolecular Hbond substituents is 2. The number of halogens is 2. The van der Waals surface area contributed by atoms with Crippen molar-refractivity contribution in [2.45, 2.75) is 0 Å². The minimum atomic E-state index is 0. The van der Waals surface area contributed by atoms with Crippen molar-refractivity contribution < 1.29 is 61.2 Å². The van der Waals surface area contributed by atoms with Gasteiger partial charge < -0.3 is 45.7 Å². The Kier molecular flexibility index (Phi) is 14.1. The van der Waals surface area contributed by atoms with Crippen LogP contribution in [0.5, 0.6) is 11.5 Å². The van der Waals surface area contributed by atoms with Gasteiger partial charge in [-0.2, -0.15) is 0 Å². The van der Waals surface area contributed by atoms with Gasteiger partial charge >= 0.3 is 26.2 Å². The summed E-state index contributed by atoms with van der Waals surface area (Å²) in [6.07, 6.45) is 0. The number of hydrogen-bond acceptors (Lipinski definition) is 4. The molecule has 0 bridgehead atoms. The summed E-state index contributed by atoms with van der Waals surface area (Å²) >= 11 is 0. The molecule has 158 valence electrons. The molecule has 31 heavy (non-hydrogen) atoms. The predicted octanol–water partition coefficient (Wildman–Crippen LogP) is 0.277. The molecule has 0 spiro atoms. The molecule has 7 heteroatoms. The molecule has 0 aliphatic carbocycles. The number of nitrogens with one attached hydrogen (secondary N) is 2. The summed E-state index contributed by atoms with van der Waals surface area (Å²) in [5.74, 6) is 0.521. The molecule has 0 fully saturated rings. The number of phenols is 2. The number of rotatable bonds is 4. The minimum Gasteiger partial charge on any atom is -1.00 e. The fourth-order valence-electron chi connectivity index (χ4n) is 2.51. The smallest absolute Gasteiger partial charge is 1.00 e. The van der Waals surface area contributed by atoms with Crippen molar-refractivity contribution in [3.63, 3.8) is 0 Å². The third-order valence-electron chi connectivity index (χ3n) is 3.91. The first-order valence-electron chi connectivity index (χ1n) is 8.92. The van der Waals surface area contributed by atoms with Crippen molar-refractivity contribution in [3.8, 4) is 11.5 Å². The van der Waals surface area contributed by atoms with E-state index >= 15 is 0 Å². The van der Waals surface area contributed by atoms with Crippen LogP contribution in [0.25, 0.3) is 0 Å². The quantitative estimate of drug-likeness (QED) is 0.285. The molecule has 0 saturated carbocycles. The first-order chi connectivity index (χ1) is 13.7. The fraction of sp³-hybridized carbons (Fsp3) is 0. The third kappa shape index (κ3) is 9.48. The van der Waals surface area contributed by atoms with E-state index in [0.29, 0.717) is 0 Å². The van der Waals surface area contributed by atoms with E-state index in [2.05, 4.69) is 10.6 Å². The van der Waals surface area contributed by atoms with Gasteiger partial charge in [-0.1, -0.05) is 60.7 Å². The zero-order chi connectivity index (χ0) is 19.6. The normalized spacial score (nSPS) is 8.77. The van der Waals surface area contributed by atoms with Crippen molar-refractivity contribution in [1.29, 1.82) is 0 Å². The predicted molar refractivity (Wildman–Crippen MR) is 116 cm³/mol. The topological polar surface area (TPSA) is 64.5 Å². The number of hydrogen-bond donors (Lipinski definition) is 4. The van der Waals surface area contributed by atoms with E-state index in [4.69, 9.17) is 0 Å². The Hall–Kier alpha value is -2.46. The van der Waals surface area contributed by atoms with Gasteiger partial charge in [0.05, 0.1) is 11.4 Å². The van der Waals surface area contributed by atoms with Gasteiger partial charge in [-0.3, -0.25) is 0 Å². The molecule has 0 aliphatic heterocycles. The third-order valence-corrected chi connectivity index (χ3v) is 3.91. The summed E-state index contributed by atoms with van der Waals surface area (Å²) < 4.78 is 0. The average Bonchev–Trinajstić information content (AvgIpc) is 2.74. The van der Waals surface area contributed by atoms with E-state index in [-0.39, 0.29) is 62.5 Å². The summed E-state index contributed by atoms with van der Waals surface area (Å²) in [5.41, 5.74) is 3.38. The van der Waals surface area contributed by atoms with Gasteiger partial charge in [0, 0.05) is 11.4 Å². The monoisotopic (exact) mass is 530 g/mol. The molecule has 0 aromatic heterocycles. The molecule has 0 amide bonds. The molecule has 4 rings (SSSR count). The van der Waals surface area contributed by atoms with Crippen molar-refractivity contribution in [3.05, 3.63) is 109 Å². The van der Waals surface area contributed by atoms with Gasteiger partial charge in [0.1, 0.15) is 11.5 Å². The first-order valence-corrected chi connectivity index (χ1v) is 8.92. The van der Waals surface area contributed by atoms with E-state index in [1.807, 2.05) is 84.9 Å². The molecule has 0 atom stereocenters. The molecule has 0 aliphatic rings. The van der Waals surface area contributed by atoms with Crippen LogP contribution in [-0.4, -0.2) is 10.2 Å². The van der Waals surface area contributed by atoms with E-state index < -0.39 is 0 Å². The Morgan fingerprint density at radius 2 is 0.710 bits per heavy atom. The largest absolute Gasteiger partial charge is 2.00 e. The minimum absolute atomic E-state index is 0. The maximum absolute atomic E-state index is 9.51. The van der Waals surface area contributed by atoms with Gasteiger partial charge in [0.2, 0.25) is 0 Å². The van der Waals surface area contributed by atoms with E-state index in [9.17, 15) is 10.2 Å². The van der Waals surface area contributed by atoms with Crippen molar-refractivity contribution in [2.24, 2.45) is 0 Å². The van der Waals surface area contributed by atoms with Gasteiger partial charge in [-0.15, -0.1) is 0 Å². The van der Waals surface area contributed by atoms with Crippen LogP contribution >= 0.6 is 0 Å². The number of benzene rings is 4. The zero-order valence-corrected chi connectivity index (χ0v) is 20.5. The SMILES string of the molecule is Oc1ccccc1Nc1ccccc1.Oc1ccccc1Nc1ccccc1.[Cl-].[Cl-].[Zr+2]. The van der Waals surface area contributed by atoms with Crippen LogP contribution in [0.4, 0.5) is 22.7 Å². The molecule has 0 saturated heterocycles. The Morgan fingerprint density at radius 1 is 0.419 bits per heavy atom. The second kappa shape index (κ2) is 15.4. The molecule has 4 aromatic rings. The van der Waals surface area contributed by atoms with Gasteiger partial charge in [0.15, 0.2) is 0 Å². The van der Waals surface area contributed by atoms with Gasteiger partial charge in [0.25, 0.3) is 0 Å². The van der Waals surface area contributed by atoms with Gasteiger partial charge in [-0.25, -0.2) is 0 Å². The molecule has 0 heterocycles. The fourth-order valence-corrected chi connectivity index (χ4v) is 2.51. The summed E-state index contributed by atoms with van der Waals surface area (Å²) in [6.45, 7) is 0. The molecule has 4 N–H and O–H groups in total. The second-order valence-electron chi connectivity index (χ2n) is 6.02. The van der Waals surface area contributed by atoms with Crippen LogP contribution in [-0.2, 0) is 26.2 Å². The molecule has 4 nitrogen and oxygen atoms in total. The Labute approximate surface area is 214 Å². The average molecular weight is 533 g/mol. The molecular formula is C24H22Cl2N2O2Zr. The first kappa shape index (κ1) is 28.5. The summed E-state index contributed by atoms with van der Waals surface area (Å²) in [4.78, 5) is 0. The van der Waals surface area contributed by atoms with Crippen molar-refractivity contribution >= 4 is 22.7 Å². The Morgan fingerprint density at radius 3 is 1.03 bits per heavy atom. The molecule has 4 aromatic carbocycles. The number of anilines is 4. The van der Waals surface area contributed by atoms with Crippen LogP contribution in [0.2, 0.25) is 0 Å².